The van der Waals surface area contributed by atoms with Gasteiger partial charge in [0.05, 0.1) is 4.92 Å². The fourth-order valence-electron chi connectivity index (χ4n) is 3.78. The quantitative estimate of drug-likeness (QED) is 0.592. The van der Waals surface area contributed by atoms with Crippen molar-refractivity contribution in [1.82, 2.24) is 10.6 Å². The van der Waals surface area contributed by atoms with Crippen molar-refractivity contribution < 1.29 is 9.72 Å². The minimum atomic E-state index is -0.405. The summed E-state index contributed by atoms with van der Waals surface area (Å²) in [6.45, 7) is 3.77. The van der Waals surface area contributed by atoms with Crippen molar-refractivity contribution in [2.24, 2.45) is 0 Å². The van der Waals surface area contributed by atoms with Crippen LogP contribution in [0.15, 0.2) is 36.4 Å². The van der Waals surface area contributed by atoms with E-state index in [2.05, 4.69) is 22.8 Å². The molecule has 2 aliphatic heterocycles. The summed E-state index contributed by atoms with van der Waals surface area (Å²) in [4.78, 5) is 25.6. The molecule has 0 radical (unpaired) electrons. The van der Waals surface area contributed by atoms with Gasteiger partial charge in [0, 0.05) is 44.4 Å². The smallest absolute Gasteiger partial charge is 0.293 e. The van der Waals surface area contributed by atoms with Crippen LogP contribution in [0.5, 0.6) is 0 Å². The molecule has 0 atom stereocenters. The maximum absolute atomic E-state index is 12.5. The summed E-state index contributed by atoms with van der Waals surface area (Å²) in [5.41, 5.74) is 4.47. The van der Waals surface area contributed by atoms with Crippen molar-refractivity contribution in [1.29, 1.82) is 0 Å². The molecule has 2 heterocycles. The van der Waals surface area contributed by atoms with Crippen LogP contribution in [0.2, 0.25) is 0 Å². The van der Waals surface area contributed by atoms with Crippen LogP contribution in [0, 0.1) is 10.1 Å². The van der Waals surface area contributed by atoms with E-state index in [0.717, 1.165) is 44.6 Å². The minimum Gasteiger partial charge on any atom is -0.366 e. The molecule has 0 aromatic heterocycles. The van der Waals surface area contributed by atoms with Crippen LogP contribution in [-0.4, -0.2) is 23.9 Å². The predicted molar refractivity (Wildman–Crippen MR) is 110 cm³/mol. The van der Waals surface area contributed by atoms with Gasteiger partial charge >= 0.3 is 0 Å². The predicted octanol–water partition coefficient (Wildman–Crippen LogP) is 3.15. The molecule has 2 aromatic rings. The summed E-state index contributed by atoms with van der Waals surface area (Å²) in [7, 11) is 0. The zero-order valence-electron chi connectivity index (χ0n) is 15.4. The Bertz CT molecular complexity index is 897. The Kier molecular flexibility index (Phi) is 6.16. The first kappa shape index (κ1) is 20.1. The van der Waals surface area contributed by atoms with E-state index in [9.17, 15) is 14.9 Å². The molecule has 8 heteroatoms. The highest BCUT2D eigenvalue weighted by Crippen LogP contribution is 2.31. The van der Waals surface area contributed by atoms with Crippen LogP contribution in [0.25, 0.3) is 0 Å². The monoisotopic (exact) mass is 402 g/mol. The number of halogens is 1. The van der Waals surface area contributed by atoms with E-state index in [-0.39, 0.29) is 24.0 Å². The molecule has 7 nitrogen and oxygen atoms in total. The fourth-order valence-corrected chi connectivity index (χ4v) is 3.78. The average Bonchev–Trinajstić information content (AvgIpc) is 3.36. The van der Waals surface area contributed by atoms with Gasteiger partial charge in [-0.25, -0.2) is 0 Å². The highest BCUT2D eigenvalue weighted by Gasteiger charge is 2.23. The second-order valence-electron chi connectivity index (χ2n) is 7.04. The molecule has 2 N–H and O–H groups in total. The van der Waals surface area contributed by atoms with Gasteiger partial charge in [-0.15, -0.1) is 12.4 Å². The minimum absolute atomic E-state index is 0. The topological polar surface area (TPSA) is 87.5 Å². The lowest BCUT2D eigenvalue weighted by Gasteiger charge is -2.17. The Labute approximate surface area is 169 Å². The van der Waals surface area contributed by atoms with Crippen LogP contribution >= 0.6 is 12.4 Å². The number of nitrogens with one attached hydrogen (secondary N) is 2. The number of hydrogen-bond acceptors (Lipinski definition) is 5. The first-order valence-electron chi connectivity index (χ1n) is 9.25. The van der Waals surface area contributed by atoms with Crippen molar-refractivity contribution in [3.05, 3.63) is 68.8 Å². The highest BCUT2D eigenvalue weighted by atomic mass is 35.5. The first-order chi connectivity index (χ1) is 13.1. The molecule has 0 spiro atoms. The molecule has 1 saturated heterocycles. The largest absolute Gasteiger partial charge is 0.366 e. The summed E-state index contributed by atoms with van der Waals surface area (Å²) >= 11 is 0. The third kappa shape index (κ3) is 4.10. The number of nitro benzene ring substituents is 1. The van der Waals surface area contributed by atoms with Gasteiger partial charge < -0.3 is 15.5 Å². The standard InChI is InChI=1S/C20H22N4O3.ClH/c25-20(22-11-14-3-4-16-12-21-13-17(16)9-14)15-5-6-18(19(10-15)24(26)27)23-7-1-2-8-23;/h3-6,9-10,21H,1-2,7-8,11-13H2,(H,22,25);1H. The van der Waals surface area contributed by atoms with Crippen molar-refractivity contribution in [2.45, 2.75) is 32.5 Å². The average molecular weight is 403 g/mol. The number of nitrogens with zero attached hydrogens (tertiary/aromatic N) is 2. The molecule has 2 aliphatic rings. The zero-order chi connectivity index (χ0) is 18.8. The van der Waals surface area contributed by atoms with E-state index < -0.39 is 4.92 Å². The lowest BCUT2D eigenvalue weighted by Crippen LogP contribution is -2.24. The Balaban J connectivity index is 0.00000225. The number of carbonyl (C=O) groups is 1. The van der Waals surface area contributed by atoms with Gasteiger partial charge in [-0.2, -0.15) is 0 Å². The molecule has 2 aromatic carbocycles. The normalized spacial score (nSPS) is 15.1. The van der Waals surface area contributed by atoms with Gasteiger partial charge in [-0.05, 0) is 41.7 Å². The Hall–Kier alpha value is -2.64. The maximum Gasteiger partial charge on any atom is 0.293 e. The number of anilines is 1. The molecule has 0 saturated carbocycles. The lowest BCUT2D eigenvalue weighted by molar-refractivity contribution is -0.384. The molecular formula is C20H23ClN4O3. The number of carbonyl (C=O) groups excluding carboxylic acids is 1. The number of rotatable bonds is 5. The molecule has 148 valence electrons. The van der Waals surface area contributed by atoms with Crippen LogP contribution in [0.4, 0.5) is 11.4 Å². The molecule has 0 unspecified atom stereocenters. The Morgan fingerprint density at radius 1 is 1.11 bits per heavy atom. The second kappa shape index (κ2) is 8.58. The van der Waals surface area contributed by atoms with Gasteiger partial charge in [-0.1, -0.05) is 18.2 Å². The van der Waals surface area contributed by atoms with Crippen LogP contribution < -0.4 is 15.5 Å². The van der Waals surface area contributed by atoms with Crippen molar-refractivity contribution in [2.75, 3.05) is 18.0 Å². The van der Waals surface area contributed by atoms with Crippen molar-refractivity contribution in [3.8, 4) is 0 Å². The van der Waals surface area contributed by atoms with Crippen molar-refractivity contribution >= 4 is 29.7 Å². The van der Waals surface area contributed by atoms with E-state index in [4.69, 9.17) is 0 Å². The van der Waals surface area contributed by atoms with Crippen LogP contribution in [-0.2, 0) is 19.6 Å². The van der Waals surface area contributed by atoms with E-state index in [0.29, 0.717) is 17.8 Å². The third-order valence-electron chi connectivity index (χ3n) is 5.24. The van der Waals surface area contributed by atoms with E-state index in [1.54, 1.807) is 12.1 Å². The summed E-state index contributed by atoms with van der Waals surface area (Å²) in [6.07, 6.45) is 2.07. The summed E-state index contributed by atoms with van der Waals surface area (Å²) in [5.74, 6) is -0.301. The Morgan fingerprint density at radius 2 is 1.86 bits per heavy atom. The summed E-state index contributed by atoms with van der Waals surface area (Å²) in [6, 6.07) is 10.9. The number of fused-ring (bicyclic) bond motifs is 1. The number of nitro groups is 1. The lowest BCUT2D eigenvalue weighted by atomic mass is 10.1. The van der Waals surface area contributed by atoms with Gasteiger partial charge in [0.1, 0.15) is 5.69 Å². The van der Waals surface area contributed by atoms with E-state index in [1.165, 1.54) is 17.2 Å². The van der Waals surface area contributed by atoms with Gasteiger partial charge in [0.15, 0.2) is 0 Å². The van der Waals surface area contributed by atoms with Gasteiger partial charge in [-0.3, -0.25) is 14.9 Å². The molecular weight excluding hydrogens is 380 g/mol. The molecule has 28 heavy (non-hydrogen) atoms. The summed E-state index contributed by atoms with van der Waals surface area (Å²) in [5, 5.41) is 17.6. The van der Waals surface area contributed by atoms with Crippen molar-refractivity contribution in [3.63, 3.8) is 0 Å². The highest BCUT2D eigenvalue weighted by molar-refractivity contribution is 5.95. The number of hydrogen-bond donors (Lipinski definition) is 2. The second-order valence-corrected chi connectivity index (χ2v) is 7.04. The number of amides is 1. The SMILES string of the molecule is Cl.O=C(NCc1ccc2c(c1)CNC2)c1ccc(N2CCCC2)c([N+](=O)[O-])c1. The molecule has 0 aliphatic carbocycles. The first-order valence-corrected chi connectivity index (χ1v) is 9.25. The molecule has 4 rings (SSSR count). The van der Waals surface area contributed by atoms with Gasteiger partial charge in [0.25, 0.3) is 11.6 Å². The molecule has 0 bridgehead atoms. The summed E-state index contributed by atoms with van der Waals surface area (Å²) < 4.78 is 0. The molecule has 1 fully saturated rings. The van der Waals surface area contributed by atoms with Gasteiger partial charge in [0.2, 0.25) is 0 Å². The molecule has 1 amide bonds. The zero-order valence-corrected chi connectivity index (χ0v) is 16.3. The van der Waals surface area contributed by atoms with Crippen LogP contribution in [0.1, 0.15) is 39.9 Å². The van der Waals surface area contributed by atoms with Crippen LogP contribution in [0.3, 0.4) is 0 Å². The number of benzene rings is 2. The Morgan fingerprint density at radius 3 is 2.61 bits per heavy atom. The fraction of sp³-hybridized carbons (Fsp3) is 0.350. The van der Waals surface area contributed by atoms with E-state index in [1.807, 2.05) is 11.0 Å². The van der Waals surface area contributed by atoms with E-state index >= 15 is 0 Å². The third-order valence-corrected chi connectivity index (χ3v) is 5.24. The maximum atomic E-state index is 12.5.